The molecule has 3 rings (SSSR count). The van der Waals surface area contributed by atoms with Crippen LogP contribution in [0.1, 0.15) is 13.3 Å². The number of carbonyl (C=O) groups excluding carboxylic acids is 2. The van der Waals surface area contributed by atoms with Gasteiger partial charge in [-0.3, -0.25) is 14.5 Å². The van der Waals surface area contributed by atoms with Crippen molar-refractivity contribution in [1.82, 2.24) is 10.2 Å². The average Bonchev–Trinajstić information content (AvgIpc) is 3.12. The molecule has 1 unspecified atom stereocenters. The van der Waals surface area contributed by atoms with Gasteiger partial charge in [0.15, 0.2) is 5.12 Å². The zero-order valence-corrected chi connectivity index (χ0v) is 13.7. The first-order chi connectivity index (χ1) is 10.6. The van der Waals surface area contributed by atoms with Crippen molar-refractivity contribution in [3.63, 3.8) is 0 Å². The molecule has 7 heteroatoms. The fourth-order valence-corrected chi connectivity index (χ4v) is 3.91. The normalized spacial score (nSPS) is 18.0. The second-order valence-corrected chi connectivity index (χ2v) is 7.29. The Morgan fingerprint density at radius 2 is 2.14 bits per heavy atom. The van der Waals surface area contributed by atoms with E-state index in [1.54, 1.807) is 11.8 Å². The summed E-state index contributed by atoms with van der Waals surface area (Å²) >= 11 is 2.70. The zero-order chi connectivity index (χ0) is 15.5. The van der Waals surface area contributed by atoms with Crippen molar-refractivity contribution in [2.24, 2.45) is 5.92 Å². The van der Waals surface area contributed by atoms with Crippen LogP contribution in [-0.4, -0.2) is 33.5 Å². The van der Waals surface area contributed by atoms with E-state index in [1.807, 2.05) is 30.3 Å². The fourth-order valence-electron chi connectivity index (χ4n) is 2.34. The van der Waals surface area contributed by atoms with E-state index in [-0.39, 0.29) is 16.9 Å². The van der Waals surface area contributed by atoms with Crippen molar-refractivity contribution in [2.45, 2.75) is 13.3 Å². The van der Waals surface area contributed by atoms with Crippen molar-refractivity contribution >= 4 is 39.3 Å². The molecule has 1 atom stereocenters. The molecular formula is C15H15N3O2S2. The first kappa shape index (κ1) is 15.2. The maximum atomic E-state index is 12.1. The van der Waals surface area contributed by atoms with Gasteiger partial charge in [-0.1, -0.05) is 53.4 Å². The molecule has 1 aromatic heterocycles. The van der Waals surface area contributed by atoms with Crippen LogP contribution < -0.4 is 4.90 Å². The van der Waals surface area contributed by atoms with E-state index in [9.17, 15) is 9.59 Å². The molecule has 22 heavy (non-hydrogen) atoms. The third-order valence-corrected chi connectivity index (χ3v) is 5.43. The Hall–Kier alpha value is -1.73. The van der Waals surface area contributed by atoms with Gasteiger partial charge in [0.2, 0.25) is 11.0 Å². The number of thioether (sulfide) groups is 1. The van der Waals surface area contributed by atoms with E-state index in [0.717, 1.165) is 10.6 Å². The molecule has 0 saturated carbocycles. The minimum atomic E-state index is 0.0601. The number of hydrogen-bond acceptors (Lipinski definition) is 6. The molecule has 0 aliphatic carbocycles. The van der Waals surface area contributed by atoms with Crippen LogP contribution >= 0.6 is 23.1 Å². The van der Waals surface area contributed by atoms with E-state index in [0.29, 0.717) is 23.8 Å². The summed E-state index contributed by atoms with van der Waals surface area (Å²) in [5.74, 6) is 0.942. The molecule has 1 saturated heterocycles. The lowest BCUT2D eigenvalue weighted by molar-refractivity contribution is -0.117. The van der Waals surface area contributed by atoms with Crippen LogP contribution in [-0.2, 0) is 9.59 Å². The number of carbonyl (C=O) groups is 2. The lowest BCUT2D eigenvalue weighted by Crippen LogP contribution is -2.24. The molecule has 1 aliphatic heterocycles. The molecule has 1 aliphatic rings. The number of hydrogen-bond donors (Lipinski definition) is 0. The van der Waals surface area contributed by atoms with E-state index >= 15 is 0 Å². The second-order valence-electron chi connectivity index (χ2n) is 5.13. The molecule has 2 heterocycles. The lowest BCUT2D eigenvalue weighted by Gasteiger charge is -2.11. The quantitative estimate of drug-likeness (QED) is 0.861. The molecule has 1 aromatic carbocycles. The monoisotopic (exact) mass is 333 g/mol. The van der Waals surface area contributed by atoms with Gasteiger partial charge in [0.1, 0.15) is 5.01 Å². The summed E-state index contributed by atoms with van der Waals surface area (Å²) in [5.41, 5.74) is 1.00. The Labute approximate surface area is 136 Å². The second kappa shape index (κ2) is 6.58. The highest BCUT2D eigenvalue weighted by molar-refractivity contribution is 8.13. The Kier molecular flexibility index (Phi) is 4.54. The molecule has 5 nitrogen and oxygen atoms in total. The molecule has 0 N–H and O–H groups in total. The zero-order valence-electron chi connectivity index (χ0n) is 12.1. The van der Waals surface area contributed by atoms with E-state index in [2.05, 4.69) is 10.2 Å². The van der Waals surface area contributed by atoms with Gasteiger partial charge in [-0.25, -0.2) is 0 Å². The molecule has 2 aromatic rings. The highest BCUT2D eigenvalue weighted by Gasteiger charge is 2.32. The van der Waals surface area contributed by atoms with E-state index < -0.39 is 0 Å². The number of amides is 1. The summed E-state index contributed by atoms with van der Waals surface area (Å²) in [6.45, 7) is 2.17. The van der Waals surface area contributed by atoms with Gasteiger partial charge in [-0.15, -0.1) is 10.2 Å². The van der Waals surface area contributed by atoms with Crippen LogP contribution in [0.25, 0.3) is 10.6 Å². The smallest absolute Gasteiger partial charge is 0.229 e. The van der Waals surface area contributed by atoms with Gasteiger partial charge >= 0.3 is 0 Å². The van der Waals surface area contributed by atoms with Crippen LogP contribution in [0, 0.1) is 5.92 Å². The summed E-state index contributed by atoms with van der Waals surface area (Å²) in [5, 5.41) is 9.87. The predicted molar refractivity (Wildman–Crippen MR) is 88.9 cm³/mol. The fraction of sp³-hybridized carbons (Fsp3) is 0.333. The maximum Gasteiger partial charge on any atom is 0.229 e. The van der Waals surface area contributed by atoms with Gasteiger partial charge in [0.25, 0.3) is 0 Å². The van der Waals surface area contributed by atoms with E-state index in [4.69, 9.17) is 0 Å². The SMILES string of the molecule is CC(=O)SCC1CC(=O)N(c2nnc(-c3ccccc3)s2)C1. The lowest BCUT2D eigenvalue weighted by atomic mass is 10.1. The van der Waals surface area contributed by atoms with Crippen LogP contribution in [0.2, 0.25) is 0 Å². The topological polar surface area (TPSA) is 63.2 Å². The molecule has 0 bridgehead atoms. The third kappa shape index (κ3) is 3.36. The first-order valence-electron chi connectivity index (χ1n) is 6.96. The van der Waals surface area contributed by atoms with Gasteiger partial charge < -0.3 is 0 Å². The Morgan fingerprint density at radius 1 is 1.36 bits per heavy atom. The van der Waals surface area contributed by atoms with Gasteiger partial charge in [0, 0.05) is 31.2 Å². The van der Waals surface area contributed by atoms with Crippen LogP contribution in [0.5, 0.6) is 0 Å². The number of anilines is 1. The van der Waals surface area contributed by atoms with E-state index in [1.165, 1.54) is 23.1 Å². The molecular weight excluding hydrogens is 318 g/mol. The van der Waals surface area contributed by atoms with Crippen molar-refractivity contribution in [3.8, 4) is 10.6 Å². The van der Waals surface area contributed by atoms with Crippen LogP contribution in [0.4, 0.5) is 5.13 Å². The summed E-state index contributed by atoms with van der Waals surface area (Å²) < 4.78 is 0. The summed E-state index contributed by atoms with van der Waals surface area (Å²) in [6.07, 6.45) is 0.473. The number of nitrogens with zero attached hydrogens (tertiary/aromatic N) is 3. The molecule has 0 radical (unpaired) electrons. The van der Waals surface area contributed by atoms with Gasteiger partial charge in [0.05, 0.1) is 0 Å². The third-order valence-electron chi connectivity index (χ3n) is 3.39. The summed E-state index contributed by atoms with van der Waals surface area (Å²) in [6, 6.07) is 9.80. The molecule has 1 amide bonds. The number of benzene rings is 1. The predicted octanol–water partition coefficient (Wildman–Crippen LogP) is 2.84. The molecule has 114 valence electrons. The highest BCUT2D eigenvalue weighted by atomic mass is 32.2. The minimum absolute atomic E-state index is 0.0601. The number of rotatable bonds is 4. The molecule has 0 spiro atoms. The Bertz CT molecular complexity index is 687. The molecule has 1 fully saturated rings. The maximum absolute atomic E-state index is 12.1. The van der Waals surface area contributed by atoms with Crippen molar-refractivity contribution in [3.05, 3.63) is 30.3 Å². The van der Waals surface area contributed by atoms with Crippen molar-refractivity contribution in [2.75, 3.05) is 17.2 Å². The highest BCUT2D eigenvalue weighted by Crippen LogP contribution is 2.33. The van der Waals surface area contributed by atoms with Gasteiger partial charge in [-0.2, -0.15) is 0 Å². The average molecular weight is 333 g/mol. The standard InChI is InChI=1S/C15H15N3O2S2/c1-10(19)21-9-11-7-13(20)18(8-11)15-17-16-14(22-15)12-5-3-2-4-6-12/h2-6,11H,7-9H2,1H3. The Balaban J connectivity index is 1.71. The summed E-state index contributed by atoms with van der Waals surface area (Å²) in [4.78, 5) is 24.9. The minimum Gasteiger partial charge on any atom is -0.288 e. The largest absolute Gasteiger partial charge is 0.288 e. The van der Waals surface area contributed by atoms with Gasteiger partial charge in [-0.05, 0) is 5.92 Å². The first-order valence-corrected chi connectivity index (χ1v) is 8.76. The van der Waals surface area contributed by atoms with Crippen molar-refractivity contribution < 1.29 is 9.59 Å². The Morgan fingerprint density at radius 3 is 2.86 bits per heavy atom. The van der Waals surface area contributed by atoms with Crippen molar-refractivity contribution in [1.29, 1.82) is 0 Å². The summed E-state index contributed by atoms with van der Waals surface area (Å²) in [7, 11) is 0. The number of aromatic nitrogens is 2. The van der Waals surface area contributed by atoms with Crippen LogP contribution in [0.3, 0.4) is 0 Å². The van der Waals surface area contributed by atoms with Crippen LogP contribution in [0.15, 0.2) is 30.3 Å².